The number of anilines is 1. The molecule has 1 aromatic heterocycles. The molecule has 0 radical (unpaired) electrons. The molecule has 1 aliphatic heterocycles. The van der Waals surface area contributed by atoms with Crippen LogP contribution in [0.2, 0.25) is 0 Å². The van der Waals surface area contributed by atoms with Gasteiger partial charge in [-0.15, -0.1) is 11.3 Å². The summed E-state index contributed by atoms with van der Waals surface area (Å²) in [5, 5.41) is 3.99. The fraction of sp³-hybridized carbons (Fsp3) is 0.417. The summed E-state index contributed by atoms with van der Waals surface area (Å²) < 4.78 is 28.4. The summed E-state index contributed by atoms with van der Waals surface area (Å²) in [4.78, 5) is 20.1. The predicted octanol–water partition coefficient (Wildman–Crippen LogP) is 4.41. The van der Waals surface area contributed by atoms with Crippen molar-refractivity contribution in [3.8, 4) is 0 Å². The van der Waals surface area contributed by atoms with Crippen LogP contribution >= 0.6 is 11.3 Å². The Labute approximate surface area is 199 Å². The number of thiazole rings is 1. The van der Waals surface area contributed by atoms with Crippen LogP contribution < -0.4 is 5.32 Å². The van der Waals surface area contributed by atoms with E-state index in [0.717, 1.165) is 40.2 Å². The minimum Gasteiger partial charge on any atom is -0.325 e. The number of para-hydroxylation sites is 1. The first kappa shape index (κ1) is 23.8. The molecular formula is C24H30N4O3S2. The number of aryl methyl sites for hydroxylation is 1. The monoisotopic (exact) mass is 486 g/mol. The topological polar surface area (TPSA) is 82.6 Å². The Balaban J connectivity index is 1.49. The molecule has 3 aromatic rings. The number of hydrogen-bond acceptors (Lipinski definition) is 6. The van der Waals surface area contributed by atoms with Crippen molar-refractivity contribution in [1.82, 2.24) is 14.2 Å². The molecule has 1 unspecified atom stereocenters. The first-order valence-electron chi connectivity index (χ1n) is 11.3. The Hall–Kier alpha value is -2.33. The van der Waals surface area contributed by atoms with Crippen molar-refractivity contribution in [1.29, 1.82) is 0 Å². The second-order valence-corrected chi connectivity index (χ2v) is 11.3. The fourth-order valence-electron chi connectivity index (χ4n) is 4.31. The van der Waals surface area contributed by atoms with E-state index in [1.807, 2.05) is 39.0 Å². The van der Waals surface area contributed by atoms with Gasteiger partial charge in [-0.3, -0.25) is 9.69 Å². The van der Waals surface area contributed by atoms with Crippen molar-refractivity contribution in [2.45, 2.75) is 44.6 Å². The van der Waals surface area contributed by atoms with Crippen molar-refractivity contribution < 1.29 is 13.2 Å². The van der Waals surface area contributed by atoms with Crippen molar-refractivity contribution in [2.75, 3.05) is 31.5 Å². The largest absolute Gasteiger partial charge is 0.325 e. The maximum Gasteiger partial charge on any atom is 0.243 e. The fourth-order valence-corrected chi connectivity index (χ4v) is 6.93. The highest BCUT2D eigenvalue weighted by Crippen LogP contribution is 2.36. The first-order valence-corrected chi connectivity index (χ1v) is 13.6. The highest BCUT2D eigenvalue weighted by Gasteiger charge is 2.30. The molecule has 1 aliphatic rings. The zero-order chi connectivity index (χ0) is 23.6. The molecule has 1 saturated heterocycles. The molecule has 176 valence electrons. The molecule has 1 amide bonds. The van der Waals surface area contributed by atoms with Gasteiger partial charge in [-0.25, -0.2) is 13.4 Å². The summed E-state index contributed by atoms with van der Waals surface area (Å²) in [6.45, 7) is 7.37. The highest BCUT2D eigenvalue weighted by molar-refractivity contribution is 7.89. The molecule has 0 aliphatic carbocycles. The summed E-state index contributed by atoms with van der Waals surface area (Å²) in [7, 11) is -3.59. The van der Waals surface area contributed by atoms with Crippen LogP contribution in [0.1, 0.15) is 43.3 Å². The van der Waals surface area contributed by atoms with E-state index in [0.29, 0.717) is 18.8 Å². The van der Waals surface area contributed by atoms with Crippen molar-refractivity contribution in [3.05, 3.63) is 53.0 Å². The first-order chi connectivity index (χ1) is 15.8. The number of amides is 1. The van der Waals surface area contributed by atoms with E-state index in [-0.39, 0.29) is 23.4 Å². The number of carbonyl (C=O) groups is 1. The quantitative estimate of drug-likeness (QED) is 0.510. The number of aromatic nitrogens is 1. The molecule has 33 heavy (non-hydrogen) atoms. The van der Waals surface area contributed by atoms with E-state index in [4.69, 9.17) is 4.98 Å². The lowest BCUT2D eigenvalue weighted by Gasteiger charge is -2.23. The van der Waals surface area contributed by atoms with Gasteiger partial charge in [0.25, 0.3) is 0 Å². The van der Waals surface area contributed by atoms with Crippen molar-refractivity contribution in [3.63, 3.8) is 0 Å². The molecule has 4 rings (SSSR count). The van der Waals surface area contributed by atoms with E-state index in [1.54, 1.807) is 29.5 Å². The average molecular weight is 487 g/mol. The third-order valence-corrected chi connectivity index (χ3v) is 9.32. The van der Waals surface area contributed by atoms with Gasteiger partial charge in [0.15, 0.2) is 0 Å². The summed E-state index contributed by atoms with van der Waals surface area (Å²) in [5.41, 5.74) is 2.35. The second kappa shape index (κ2) is 9.89. The molecule has 1 atom stereocenters. The summed E-state index contributed by atoms with van der Waals surface area (Å²) in [6, 6.07) is 13.1. The van der Waals surface area contributed by atoms with Crippen LogP contribution in [-0.4, -0.2) is 54.7 Å². The Morgan fingerprint density at radius 3 is 2.70 bits per heavy atom. The van der Waals surface area contributed by atoms with Gasteiger partial charge in [-0.1, -0.05) is 32.0 Å². The number of sulfonamides is 1. The molecule has 0 saturated carbocycles. The van der Waals surface area contributed by atoms with E-state index < -0.39 is 10.0 Å². The van der Waals surface area contributed by atoms with Gasteiger partial charge in [0.2, 0.25) is 15.9 Å². The molecule has 0 bridgehead atoms. The van der Waals surface area contributed by atoms with E-state index >= 15 is 0 Å². The number of nitrogens with one attached hydrogen (secondary N) is 1. The van der Waals surface area contributed by atoms with Crippen molar-refractivity contribution in [2.24, 2.45) is 0 Å². The standard InChI is InChI=1S/C24H30N4O3S2/c1-4-28(5-2)33(30,31)18-13-12-17(3)20(15-18)25-23(29)16-27-14-8-10-21(27)24-26-19-9-6-7-11-22(19)32-24/h6-7,9,11-13,15,21H,4-5,8,10,14,16H2,1-3H3,(H,25,29). The van der Waals surface area contributed by atoms with Gasteiger partial charge in [-0.05, 0) is 56.1 Å². The highest BCUT2D eigenvalue weighted by atomic mass is 32.2. The third-order valence-electron chi connectivity index (χ3n) is 6.13. The van der Waals surface area contributed by atoms with Gasteiger partial charge < -0.3 is 5.32 Å². The third kappa shape index (κ3) is 4.96. The number of likely N-dealkylation sites (tertiary alicyclic amines) is 1. The normalized spacial score (nSPS) is 17.2. The summed E-state index contributed by atoms with van der Waals surface area (Å²) in [6.07, 6.45) is 1.99. The molecule has 7 nitrogen and oxygen atoms in total. The molecule has 0 spiro atoms. The number of rotatable bonds is 8. The number of fused-ring (bicyclic) bond motifs is 1. The molecular weight excluding hydrogens is 456 g/mol. The second-order valence-electron chi connectivity index (χ2n) is 8.26. The predicted molar refractivity (Wildman–Crippen MR) is 133 cm³/mol. The van der Waals surface area contributed by atoms with Gasteiger partial charge in [0.05, 0.1) is 27.7 Å². The molecule has 1 N–H and O–H groups in total. The smallest absolute Gasteiger partial charge is 0.243 e. The molecule has 9 heteroatoms. The van der Waals surface area contributed by atoms with Gasteiger partial charge in [0.1, 0.15) is 5.01 Å². The Kier molecular flexibility index (Phi) is 7.13. The number of benzene rings is 2. The lowest BCUT2D eigenvalue weighted by Crippen LogP contribution is -2.33. The lowest BCUT2D eigenvalue weighted by molar-refractivity contribution is -0.117. The number of carbonyl (C=O) groups excluding carboxylic acids is 1. The summed E-state index contributed by atoms with van der Waals surface area (Å²) in [5.74, 6) is -0.150. The van der Waals surface area contributed by atoms with Crippen LogP contribution in [0.4, 0.5) is 5.69 Å². The summed E-state index contributed by atoms with van der Waals surface area (Å²) >= 11 is 1.69. The van der Waals surface area contributed by atoms with Crippen molar-refractivity contribution >= 4 is 43.2 Å². The molecule has 2 heterocycles. The van der Waals surface area contributed by atoms with Crippen LogP contribution in [0, 0.1) is 6.92 Å². The van der Waals surface area contributed by atoms with E-state index in [2.05, 4.69) is 16.3 Å². The van der Waals surface area contributed by atoms with E-state index in [9.17, 15) is 13.2 Å². The average Bonchev–Trinajstić information content (AvgIpc) is 3.42. The minimum absolute atomic E-state index is 0.128. The van der Waals surface area contributed by atoms with Gasteiger partial charge >= 0.3 is 0 Å². The Bertz CT molecular complexity index is 1220. The van der Waals surface area contributed by atoms with Crippen LogP contribution in [0.15, 0.2) is 47.4 Å². The van der Waals surface area contributed by atoms with Crippen LogP contribution in [0.25, 0.3) is 10.2 Å². The Morgan fingerprint density at radius 2 is 1.97 bits per heavy atom. The number of hydrogen-bond donors (Lipinski definition) is 1. The van der Waals surface area contributed by atoms with E-state index in [1.165, 1.54) is 4.31 Å². The maximum absolute atomic E-state index is 12.9. The van der Waals surface area contributed by atoms with Gasteiger partial charge in [-0.2, -0.15) is 4.31 Å². The Morgan fingerprint density at radius 1 is 1.21 bits per heavy atom. The minimum atomic E-state index is -3.59. The maximum atomic E-state index is 12.9. The number of nitrogens with zero attached hydrogens (tertiary/aromatic N) is 3. The zero-order valence-electron chi connectivity index (χ0n) is 19.2. The lowest BCUT2D eigenvalue weighted by atomic mass is 10.2. The van der Waals surface area contributed by atoms with Crippen LogP contribution in [0.5, 0.6) is 0 Å². The molecule has 1 fully saturated rings. The van der Waals surface area contributed by atoms with Crippen LogP contribution in [-0.2, 0) is 14.8 Å². The van der Waals surface area contributed by atoms with Crippen LogP contribution in [0.3, 0.4) is 0 Å². The SMILES string of the molecule is CCN(CC)S(=O)(=O)c1ccc(C)c(NC(=O)CN2CCCC2c2nc3ccccc3s2)c1. The zero-order valence-corrected chi connectivity index (χ0v) is 20.9. The van der Waals surface area contributed by atoms with Gasteiger partial charge in [0, 0.05) is 18.8 Å². The molecule has 2 aromatic carbocycles.